The van der Waals surface area contributed by atoms with Crippen molar-refractivity contribution in [1.82, 2.24) is 25.1 Å². The number of nitrogens with zero attached hydrogens (tertiary/aromatic N) is 4. The molecule has 1 unspecified atom stereocenters. The quantitative estimate of drug-likeness (QED) is 0.745. The first-order valence-electron chi connectivity index (χ1n) is 8.38. The number of hydrogen-bond acceptors (Lipinski definition) is 7. The van der Waals surface area contributed by atoms with Gasteiger partial charge in [0.1, 0.15) is 11.5 Å². The summed E-state index contributed by atoms with van der Waals surface area (Å²) >= 11 is 0. The Bertz CT molecular complexity index is 664. The lowest BCUT2D eigenvalue weighted by Crippen LogP contribution is -2.38. The Morgan fingerprint density at radius 1 is 1.42 bits per heavy atom. The Morgan fingerprint density at radius 3 is 3.04 bits per heavy atom. The van der Waals surface area contributed by atoms with Gasteiger partial charge in [0.2, 0.25) is 5.95 Å². The highest BCUT2D eigenvalue weighted by Gasteiger charge is 2.15. The van der Waals surface area contributed by atoms with Gasteiger partial charge in [0, 0.05) is 25.8 Å². The fourth-order valence-electron chi connectivity index (χ4n) is 2.66. The van der Waals surface area contributed by atoms with Crippen LogP contribution in [0, 0.1) is 0 Å². The van der Waals surface area contributed by atoms with Crippen molar-refractivity contribution in [2.75, 3.05) is 23.7 Å². The van der Waals surface area contributed by atoms with E-state index in [-0.39, 0.29) is 6.10 Å². The molecule has 24 heavy (non-hydrogen) atoms. The molecule has 8 heteroatoms. The molecule has 3 heterocycles. The van der Waals surface area contributed by atoms with E-state index in [4.69, 9.17) is 4.74 Å². The van der Waals surface area contributed by atoms with Crippen molar-refractivity contribution in [2.24, 2.45) is 7.05 Å². The first-order valence-corrected chi connectivity index (χ1v) is 8.38. The lowest BCUT2D eigenvalue weighted by Gasteiger charge is -2.23. The third-order valence-electron chi connectivity index (χ3n) is 3.69. The zero-order valence-electron chi connectivity index (χ0n) is 14.4. The maximum atomic E-state index is 5.73. The zero-order valence-corrected chi connectivity index (χ0v) is 14.4. The average molecular weight is 331 g/mol. The van der Waals surface area contributed by atoms with E-state index in [0.29, 0.717) is 23.7 Å². The fourth-order valence-corrected chi connectivity index (χ4v) is 2.66. The number of rotatable bonds is 6. The molecular formula is C16H25N7O. The SMILES string of the molecule is CC(C)Oc1nn(C)cc1Nc1ccnc(NC2CCCNC2)n1. The summed E-state index contributed by atoms with van der Waals surface area (Å²) in [7, 11) is 1.86. The van der Waals surface area contributed by atoms with Crippen molar-refractivity contribution in [3.63, 3.8) is 0 Å². The van der Waals surface area contributed by atoms with Crippen LogP contribution in [0.1, 0.15) is 26.7 Å². The summed E-state index contributed by atoms with van der Waals surface area (Å²) in [4.78, 5) is 8.85. The van der Waals surface area contributed by atoms with Crippen molar-refractivity contribution >= 4 is 17.5 Å². The van der Waals surface area contributed by atoms with Crippen molar-refractivity contribution in [1.29, 1.82) is 0 Å². The van der Waals surface area contributed by atoms with Gasteiger partial charge >= 0.3 is 0 Å². The highest BCUT2D eigenvalue weighted by atomic mass is 16.5. The number of piperidine rings is 1. The molecule has 3 rings (SSSR count). The van der Waals surface area contributed by atoms with Gasteiger partial charge in [-0.15, -0.1) is 5.10 Å². The smallest absolute Gasteiger partial charge is 0.257 e. The third kappa shape index (κ3) is 4.35. The van der Waals surface area contributed by atoms with Gasteiger partial charge in [-0.2, -0.15) is 4.98 Å². The van der Waals surface area contributed by atoms with Gasteiger partial charge < -0.3 is 20.7 Å². The monoisotopic (exact) mass is 331 g/mol. The van der Waals surface area contributed by atoms with E-state index in [1.165, 1.54) is 6.42 Å². The number of aromatic nitrogens is 4. The largest absolute Gasteiger partial charge is 0.472 e. The molecule has 1 fully saturated rings. The molecule has 0 aliphatic carbocycles. The van der Waals surface area contributed by atoms with Crippen LogP contribution in [0.5, 0.6) is 5.88 Å². The molecule has 3 N–H and O–H groups in total. The minimum Gasteiger partial charge on any atom is -0.472 e. The minimum atomic E-state index is 0.0573. The van der Waals surface area contributed by atoms with E-state index in [1.807, 2.05) is 33.2 Å². The molecule has 2 aromatic rings. The number of nitrogens with one attached hydrogen (secondary N) is 3. The first kappa shape index (κ1) is 16.5. The van der Waals surface area contributed by atoms with Gasteiger partial charge in [-0.25, -0.2) is 4.98 Å². The molecule has 1 aliphatic heterocycles. The minimum absolute atomic E-state index is 0.0573. The van der Waals surface area contributed by atoms with Gasteiger partial charge in [0.25, 0.3) is 5.88 Å². The summed E-state index contributed by atoms with van der Waals surface area (Å²) in [6.07, 6.45) is 5.97. The second-order valence-electron chi connectivity index (χ2n) is 6.27. The van der Waals surface area contributed by atoms with Crippen LogP contribution < -0.4 is 20.7 Å². The van der Waals surface area contributed by atoms with E-state index in [9.17, 15) is 0 Å². The molecule has 0 spiro atoms. The second kappa shape index (κ2) is 7.48. The predicted molar refractivity (Wildman–Crippen MR) is 93.8 cm³/mol. The summed E-state index contributed by atoms with van der Waals surface area (Å²) in [5, 5.41) is 14.3. The van der Waals surface area contributed by atoms with Crippen LogP contribution in [-0.4, -0.2) is 45.0 Å². The summed E-state index contributed by atoms with van der Waals surface area (Å²) in [6.45, 7) is 5.98. The highest BCUT2D eigenvalue weighted by molar-refractivity contribution is 5.61. The van der Waals surface area contributed by atoms with E-state index < -0.39 is 0 Å². The standard InChI is InChI=1S/C16H25N7O/c1-11(2)24-15-13(10-23(3)22-15)20-14-6-8-18-16(21-14)19-12-5-4-7-17-9-12/h6,8,10-12,17H,4-5,7,9H2,1-3H3,(H2,18,19,20,21). The van der Waals surface area contributed by atoms with Gasteiger partial charge in [-0.1, -0.05) is 0 Å². The molecule has 0 amide bonds. The van der Waals surface area contributed by atoms with Gasteiger partial charge in [-0.05, 0) is 39.3 Å². The van der Waals surface area contributed by atoms with E-state index in [2.05, 4.69) is 31.0 Å². The summed E-state index contributed by atoms with van der Waals surface area (Å²) in [6, 6.07) is 2.20. The summed E-state index contributed by atoms with van der Waals surface area (Å²) in [5.41, 5.74) is 0.787. The lowest BCUT2D eigenvalue weighted by atomic mass is 10.1. The van der Waals surface area contributed by atoms with E-state index >= 15 is 0 Å². The molecule has 0 radical (unpaired) electrons. The van der Waals surface area contributed by atoms with Crippen LogP contribution in [0.2, 0.25) is 0 Å². The van der Waals surface area contributed by atoms with Crippen LogP contribution in [-0.2, 0) is 7.05 Å². The van der Waals surface area contributed by atoms with Crippen LogP contribution in [0.4, 0.5) is 17.5 Å². The van der Waals surface area contributed by atoms with Crippen molar-refractivity contribution < 1.29 is 4.74 Å². The topological polar surface area (TPSA) is 88.9 Å². The number of aryl methyl sites for hydroxylation is 1. The third-order valence-corrected chi connectivity index (χ3v) is 3.69. The summed E-state index contributed by atoms with van der Waals surface area (Å²) in [5.74, 6) is 1.90. The van der Waals surface area contributed by atoms with E-state index in [1.54, 1.807) is 10.9 Å². The average Bonchev–Trinajstić information content (AvgIpc) is 2.87. The maximum Gasteiger partial charge on any atom is 0.257 e. The molecule has 0 aromatic carbocycles. The molecule has 8 nitrogen and oxygen atoms in total. The Balaban J connectivity index is 1.70. The van der Waals surface area contributed by atoms with Crippen molar-refractivity contribution in [2.45, 2.75) is 38.8 Å². The molecule has 1 saturated heterocycles. The predicted octanol–water partition coefficient (Wildman–Crippen LogP) is 1.90. The summed E-state index contributed by atoms with van der Waals surface area (Å²) < 4.78 is 7.44. The molecule has 0 saturated carbocycles. The van der Waals surface area contributed by atoms with Gasteiger partial charge in [0.05, 0.1) is 12.3 Å². The van der Waals surface area contributed by atoms with Gasteiger partial charge in [0.15, 0.2) is 0 Å². The maximum absolute atomic E-state index is 5.73. The van der Waals surface area contributed by atoms with Crippen molar-refractivity contribution in [3.8, 4) is 5.88 Å². The van der Waals surface area contributed by atoms with Crippen molar-refractivity contribution in [3.05, 3.63) is 18.5 Å². The number of ether oxygens (including phenoxy) is 1. The number of anilines is 3. The molecule has 1 atom stereocenters. The zero-order chi connectivity index (χ0) is 16.9. The van der Waals surface area contributed by atoms with Gasteiger partial charge in [-0.3, -0.25) is 4.68 Å². The Labute approximate surface area is 142 Å². The molecule has 0 bridgehead atoms. The Kier molecular flexibility index (Phi) is 5.14. The molecule has 2 aromatic heterocycles. The first-order chi connectivity index (χ1) is 11.6. The Hall–Kier alpha value is -2.35. The highest BCUT2D eigenvalue weighted by Crippen LogP contribution is 2.26. The number of hydrogen-bond donors (Lipinski definition) is 3. The molecule has 130 valence electrons. The van der Waals surface area contributed by atoms with Crippen LogP contribution in [0.15, 0.2) is 18.5 Å². The Morgan fingerprint density at radius 2 is 2.29 bits per heavy atom. The lowest BCUT2D eigenvalue weighted by molar-refractivity contribution is 0.232. The van der Waals surface area contributed by atoms with E-state index in [0.717, 1.165) is 25.2 Å². The second-order valence-corrected chi connectivity index (χ2v) is 6.27. The molecular weight excluding hydrogens is 306 g/mol. The van der Waals surface area contributed by atoms with Crippen LogP contribution in [0.3, 0.4) is 0 Å². The molecule has 1 aliphatic rings. The van der Waals surface area contributed by atoms with Crippen LogP contribution >= 0.6 is 0 Å². The fraction of sp³-hybridized carbons (Fsp3) is 0.562. The van der Waals surface area contributed by atoms with Crippen LogP contribution in [0.25, 0.3) is 0 Å². The normalized spacial score (nSPS) is 17.8.